The van der Waals surface area contributed by atoms with E-state index in [9.17, 15) is 0 Å². The highest BCUT2D eigenvalue weighted by Crippen LogP contribution is 2.57. The lowest BCUT2D eigenvalue weighted by Crippen LogP contribution is -2.27. The molecule has 2 aromatic heterocycles. The minimum Gasteiger partial charge on any atom is -0.309 e. The monoisotopic (exact) mass is 658 g/mol. The van der Waals surface area contributed by atoms with Gasteiger partial charge < -0.3 is 4.57 Å². The van der Waals surface area contributed by atoms with E-state index in [1.807, 2.05) is 18.5 Å². The first kappa shape index (κ1) is 30.4. The smallest absolute Gasteiger partial charge is 0.0541 e. The summed E-state index contributed by atoms with van der Waals surface area (Å²) in [5.41, 5.74) is 18.0. The van der Waals surface area contributed by atoms with E-state index in [-0.39, 0.29) is 5.41 Å². The van der Waals surface area contributed by atoms with Crippen molar-refractivity contribution in [3.05, 3.63) is 179 Å². The van der Waals surface area contributed by atoms with Gasteiger partial charge in [-0.05, 0) is 117 Å². The van der Waals surface area contributed by atoms with Crippen molar-refractivity contribution >= 4 is 33.5 Å². The quantitative estimate of drug-likeness (QED) is 0.184. The third-order valence-electron chi connectivity index (χ3n) is 12.0. The minimum absolute atomic E-state index is 0.182. The van der Waals surface area contributed by atoms with Gasteiger partial charge in [0.05, 0.1) is 11.0 Å². The second-order valence-electron chi connectivity index (χ2n) is 15.9. The van der Waals surface area contributed by atoms with Gasteiger partial charge in [0.2, 0.25) is 0 Å². The summed E-state index contributed by atoms with van der Waals surface area (Å²) >= 11 is 0. The number of hydrogen-bond acceptors (Lipinski definition) is 1. The van der Waals surface area contributed by atoms with Gasteiger partial charge in [-0.1, -0.05) is 129 Å². The molecule has 5 aromatic carbocycles. The van der Waals surface area contributed by atoms with Crippen molar-refractivity contribution in [3.8, 4) is 16.8 Å². The molecule has 0 saturated heterocycles. The third-order valence-corrected chi connectivity index (χ3v) is 12.0. The summed E-state index contributed by atoms with van der Waals surface area (Å²) in [4.78, 5) is 4.38. The number of nitrogens with zero attached hydrogens (tertiary/aromatic N) is 2. The topological polar surface area (TPSA) is 17.8 Å². The Morgan fingerprint density at radius 3 is 2.14 bits per heavy atom. The Morgan fingerprint density at radius 1 is 0.667 bits per heavy atom. The molecule has 0 saturated carbocycles. The summed E-state index contributed by atoms with van der Waals surface area (Å²) in [6.07, 6.45) is 12.6. The van der Waals surface area contributed by atoms with Crippen LogP contribution in [0.25, 0.3) is 50.3 Å². The number of rotatable bonds is 4. The van der Waals surface area contributed by atoms with Crippen LogP contribution >= 0.6 is 0 Å². The lowest BCUT2D eigenvalue weighted by molar-refractivity contribution is 0.412. The number of hydrogen-bond donors (Lipinski definition) is 0. The number of aromatic nitrogens is 2. The lowest BCUT2D eigenvalue weighted by Gasteiger charge is -2.44. The number of pyridine rings is 1. The van der Waals surface area contributed by atoms with Gasteiger partial charge in [0.1, 0.15) is 0 Å². The normalized spacial score (nSPS) is 19.5. The van der Waals surface area contributed by atoms with E-state index in [1.165, 1.54) is 80.1 Å². The molecule has 0 amide bonds. The first-order valence-corrected chi connectivity index (χ1v) is 18.6. The van der Waals surface area contributed by atoms with Gasteiger partial charge in [-0.2, -0.15) is 0 Å². The van der Waals surface area contributed by atoms with Crippen LogP contribution in [-0.2, 0) is 0 Å². The van der Waals surface area contributed by atoms with Gasteiger partial charge >= 0.3 is 0 Å². The largest absolute Gasteiger partial charge is 0.309 e. The van der Waals surface area contributed by atoms with Crippen molar-refractivity contribution in [1.29, 1.82) is 0 Å². The van der Waals surface area contributed by atoms with Crippen LogP contribution in [0.5, 0.6) is 0 Å². The van der Waals surface area contributed by atoms with Gasteiger partial charge in [0.25, 0.3) is 0 Å². The van der Waals surface area contributed by atoms with Crippen molar-refractivity contribution in [2.45, 2.75) is 57.8 Å². The molecular formula is C49H42N2. The summed E-state index contributed by atoms with van der Waals surface area (Å²) in [6.45, 7) is 7.14. The zero-order chi connectivity index (χ0) is 34.3. The fourth-order valence-electron chi connectivity index (χ4n) is 9.55. The zero-order valence-corrected chi connectivity index (χ0v) is 29.6. The zero-order valence-electron chi connectivity index (χ0n) is 29.6. The van der Waals surface area contributed by atoms with Crippen LogP contribution in [0.4, 0.5) is 0 Å². The molecular weight excluding hydrogens is 617 g/mol. The maximum atomic E-state index is 4.38. The number of allylic oxidation sites excluding steroid dienone is 2. The average Bonchev–Trinajstić information content (AvgIpc) is 3.51. The number of para-hydroxylation sites is 2. The molecule has 248 valence electrons. The third kappa shape index (κ3) is 4.88. The maximum Gasteiger partial charge on any atom is 0.0541 e. The fraction of sp³-hybridized carbons (Fsp3) is 0.204. The number of benzene rings is 5. The van der Waals surface area contributed by atoms with Crippen molar-refractivity contribution in [1.82, 2.24) is 9.55 Å². The Bertz CT molecular complexity index is 2490. The van der Waals surface area contributed by atoms with E-state index in [1.54, 1.807) is 16.7 Å². The van der Waals surface area contributed by atoms with E-state index in [4.69, 9.17) is 0 Å². The summed E-state index contributed by atoms with van der Waals surface area (Å²) in [6, 6.07) is 45.3. The van der Waals surface area contributed by atoms with Gasteiger partial charge in [0.15, 0.2) is 0 Å². The molecule has 2 heteroatoms. The molecule has 0 spiro atoms. The predicted octanol–water partition coefficient (Wildman–Crippen LogP) is 12.9. The molecule has 2 heterocycles. The molecule has 3 unspecified atom stereocenters. The van der Waals surface area contributed by atoms with Crippen LogP contribution in [0, 0.1) is 5.41 Å². The van der Waals surface area contributed by atoms with Gasteiger partial charge in [-0.25, -0.2) is 0 Å². The van der Waals surface area contributed by atoms with E-state index >= 15 is 0 Å². The summed E-state index contributed by atoms with van der Waals surface area (Å²) in [7, 11) is 0. The fourth-order valence-corrected chi connectivity index (χ4v) is 9.55. The minimum atomic E-state index is 0.182. The van der Waals surface area contributed by atoms with E-state index in [0.717, 1.165) is 5.56 Å². The Balaban J connectivity index is 1.16. The Labute approximate surface area is 300 Å². The Kier molecular flexibility index (Phi) is 6.87. The molecule has 0 radical (unpaired) electrons. The van der Waals surface area contributed by atoms with Crippen LogP contribution in [0.2, 0.25) is 0 Å². The maximum absolute atomic E-state index is 4.38. The van der Waals surface area contributed by atoms with E-state index < -0.39 is 0 Å². The molecule has 3 aliphatic carbocycles. The van der Waals surface area contributed by atoms with Gasteiger partial charge in [-0.3, -0.25) is 4.98 Å². The molecule has 2 nitrogen and oxygen atoms in total. The van der Waals surface area contributed by atoms with Crippen LogP contribution in [0.3, 0.4) is 0 Å². The lowest BCUT2D eigenvalue weighted by atomic mass is 9.60. The van der Waals surface area contributed by atoms with E-state index in [0.29, 0.717) is 17.8 Å². The molecule has 0 fully saturated rings. The molecule has 51 heavy (non-hydrogen) atoms. The Hall–Kier alpha value is -5.47. The molecule has 0 bridgehead atoms. The van der Waals surface area contributed by atoms with E-state index in [2.05, 4.69) is 158 Å². The second-order valence-corrected chi connectivity index (χ2v) is 15.9. The predicted molar refractivity (Wildman–Crippen MR) is 213 cm³/mol. The summed E-state index contributed by atoms with van der Waals surface area (Å²) < 4.78 is 2.45. The molecule has 3 aliphatic rings. The van der Waals surface area contributed by atoms with Crippen molar-refractivity contribution in [2.24, 2.45) is 5.41 Å². The van der Waals surface area contributed by atoms with Crippen LogP contribution in [0.15, 0.2) is 145 Å². The number of fused-ring (bicyclic) bond motifs is 3. The highest BCUT2D eigenvalue weighted by Gasteiger charge is 2.41. The molecule has 10 rings (SSSR count). The first-order valence-electron chi connectivity index (χ1n) is 18.6. The highest BCUT2D eigenvalue weighted by molar-refractivity contribution is 6.09. The molecule has 7 aromatic rings. The first-order chi connectivity index (χ1) is 24.9. The SMILES string of the molecule is CC(C)(C)C1=Cc2ccc3c4c2C(CCC4C(c2ccc(-c4cccnc4)cc2)C=C3c2cccc(-n3c4ccccc4c4ccccc43)c2)C1. The Morgan fingerprint density at radius 2 is 1.41 bits per heavy atom. The van der Waals surface area contributed by atoms with Gasteiger partial charge in [-0.15, -0.1) is 0 Å². The van der Waals surface area contributed by atoms with Crippen molar-refractivity contribution in [2.75, 3.05) is 0 Å². The summed E-state index contributed by atoms with van der Waals surface area (Å²) in [5, 5.41) is 2.58. The van der Waals surface area contributed by atoms with Crippen molar-refractivity contribution in [3.63, 3.8) is 0 Å². The average molecular weight is 659 g/mol. The second kappa shape index (κ2) is 11.5. The van der Waals surface area contributed by atoms with Crippen LogP contribution in [0.1, 0.15) is 91.2 Å². The van der Waals surface area contributed by atoms with Crippen molar-refractivity contribution < 1.29 is 0 Å². The highest BCUT2D eigenvalue weighted by atomic mass is 15.0. The standard InChI is InChI=1S/C49H42N2/c1-49(2,3)37-26-34-21-23-41-43(32-19-17-31(18-20-32)36-11-9-25-50-30-36)29-44(42-24-22-35(27-37)47(34)48(41)42)33-10-8-12-38(28-33)51-45-15-6-4-13-39(45)40-14-5-7-16-46(40)51/h4-20,22,24-25,27-30,34,41,43H,21,23,26H2,1-3H3. The van der Waals surface area contributed by atoms with Gasteiger partial charge in [0, 0.05) is 34.8 Å². The molecule has 0 N–H and O–H groups in total. The summed E-state index contributed by atoms with van der Waals surface area (Å²) in [5.74, 6) is 1.35. The molecule has 3 atom stereocenters. The van der Waals surface area contributed by atoms with Crippen LogP contribution < -0.4 is 0 Å². The van der Waals surface area contributed by atoms with Crippen LogP contribution in [-0.4, -0.2) is 9.55 Å². The molecule has 0 aliphatic heterocycles.